The molecule has 0 unspecified atom stereocenters. The minimum Gasteiger partial charge on any atom is -0.493 e. The van der Waals surface area contributed by atoms with Crippen molar-refractivity contribution in [1.29, 1.82) is 0 Å². The maximum atomic E-state index is 14.3. The summed E-state index contributed by atoms with van der Waals surface area (Å²) in [4.78, 5) is 73.5. The van der Waals surface area contributed by atoms with Crippen LogP contribution >= 0.6 is 0 Å². The first-order chi connectivity index (χ1) is 26.3. The number of amides is 4. The normalized spacial score (nSPS) is 19.5. The van der Waals surface area contributed by atoms with Crippen molar-refractivity contribution < 1.29 is 42.9 Å². The van der Waals surface area contributed by atoms with Gasteiger partial charge in [-0.05, 0) is 56.5 Å². The summed E-state index contributed by atoms with van der Waals surface area (Å²) in [5, 5.41) is 5.74. The van der Waals surface area contributed by atoms with E-state index < -0.39 is 48.2 Å². The molecule has 0 aliphatic carbocycles. The zero-order valence-electron chi connectivity index (χ0n) is 36.2. The Bertz CT molecular complexity index is 1460. The van der Waals surface area contributed by atoms with E-state index in [9.17, 15) is 24.0 Å². The van der Waals surface area contributed by atoms with Crippen molar-refractivity contribution in [2.24, 2.45) is 29.4 Å². The fraction of sp³-hybridized carbons (Fsp3) is 0.732. The third kappa shape index (κ3) is 12.1. The number of rotatable bonds is 22. The Morgan fingerprint density at radius 3 is 2.02 bits per heavy atom. The van der Waals surface area contributed by atoms with Crippen LogP contribution in [0.1, 0.15) is 78.1 Å². The molecule has 1 aliphatic rings. The van der Waals surface area contributed by atoms with Gasteiger partial charge in [0.05, 0.1) is 63.4 Å². The first-order valence-corrected chi connectivity index (χ1v) is 19.7. The number of carbonyl (C=O) groups is 5. The summed E-state index contributed by atoms with van der Waals surface area (Å²) in [6, 6.07) is 2.18. The van der Waals surface area contributed by atoms with Crippen molar-refractivity contribution in [2.45, 2.75) is 110 Å². The second-order valence-electron chi connectivity index (χ2n) is 16.0. The van der Waals surface area contributed by atoms with Gasteiger partial charge in [0.25, 0.3) is 0 Å². The van der Waals surface area contributed by atoms with Gasteiger partial charge in [0.1, 0.15) is 6.04 Å². The van der Waals surface area contributed by atoms with Crippen LogP contribution in [-0.2, 0) is 28.7 Å². The average molecular weight is 791 g/mol. The summed E-state index contributed by atoms with van der Waals surface area (Å²) < 4.78 is 22.4. The number of carbonyl (C=O) groups excluding carboxylic acids is 5. The smallest absolute Gasteiger partial charge is 0.245 e. The second-order valence-corrected chi connectivity index (χ2v) is 16.0. The van der Waals surface area contributed by atoms with Gasteiger partial charge in [0.2, 0.25) is 23.6 Å². The van der Waals surface area contributed by atoms with Crippen molar-refractivity contribution in [3.63, 3.8) is 0 Å². The van der Waals surface area contributed by atoms with E-state index in [4.69, 9.17) is 24.7 Å². The lowest BCUT2D eigenvalue weighted by Gasteiger charge is -2.41. The third-order valence-corrected chi connectivity index (χ3v) is 11.2. The Balaban J connectivity index is 2.27. The minimum absolute atomic E-state index is 0.0272. The molecule has 318 valence electrons. The molecule has 0 saturated carbocycles. The van der Waals surface area contributed by atoms with Crippen molar-refractivity contribution >= 4 is 29.4 Å². The Hall–Kier alpha value is -3.79. The Morgan fingerprint density at radius 1 is 0.893 bits per heavy atom. The highest BCUT2D eigenvalue weighted by molar-refractivity contribution is 6.00. The Labute approximate surface area is 334 Å². The van der Waals surface area contributed by atoms with E-state index >= 15 is 0 Å². The Kier molecular flexibility index (Phi) is 19.2. The van der Waals surface area contributed by atoms with E-state index in [-0.39, 0.29) is 66.8 Å². The molecule has 4 amide bonds. The van der Waals surface area contributed by atoms with Gasteiger partial charge in [-0.3, -0.25) is 28.9 Å². The number of ether oxygens (including phenoxy) is 4. The minimum atomic E-state index is -0.793. The van der Waals surface area contributed by atoms with Crippen molar-refractivity contribution in [1.82, 2.24) is 25.3 Å². The van der Waals surface area contributed by atoms with E-state index in [1.54, 1.807) is 42.0 Å². The number of benzene rings is 1. The number of hydrogen-bond acceptors (Lipinski definition) is 11. The fourth-order valence-corrected chi connectivity index (χ4v) is 7.91. The van der Waals surface area contributed by atoms with Crippen LogP contribution in [-0.4, -0.2) is 149 Å². The van der Waals surface area contributed by atoms with E-state index in [2.05, 4.69) is 10.6 Å². The molecule has 15 heteroatoms. The molecule has 0 radical (unpaired) electrons. The first kappa shape index (κ1) is 48.4. The van der Waals surface area contributed by atoms with Gasteiger partial charge >= 0.3 is 0 Å². The predicted molar refractivity (Wildman–Crippen MR) is 215 cm³/mol. The molecule has 4 N–H and O–H groups in total. The van der Waals surface area contributed by atoms with Crippen LogP contribution in [0.15, 0.2) is 18.2 Å². The SMILES string of the molecule is CC[C@H](C)[C@@H]([C@@H](CC(=O)N1C[C@@H](N)C[C@H]1[C@H](OC)[C@@H](C)C(=O)NCC(=O)c1ccc(OC)c(OC)c1)OC)N(C)C(=O)[C@@H](NC(=O)[C@H](C(C)C)N(C)C)C(C)C. The molecule has 0 aromatic heterocycles. The molecule has 56 heavy (non-hydrogen) atoms. The molecule has 1 aromatic carbocycles. The van der Waals surface area contributed by atoms with E-state index in [1.165, 1.54) is 28.4 Å². The number of hydrogen-bond donors (Lipinski definition) is 3. The zero-order chi connectivity index (χ0) is 42.6. The van der Waals surface area contributed by atoms with E-state index in [0.29, 0.717) is 29.9 Å². The average Bonchev–Trinajstić information content (AvgIpc) is 3.55. The number of nitrogens with zero attached hydrogens (tertiary/aromatic N) is 3. The van der Waals surface area contributed by atoms with Crippen LogP contribution in [0.3, 0.4) is 0 Å². The Morgan fingerprint density at radius 2 is 1.52 bits per heavy atom. The number of ketones is 1. The quantitative estimate of drug-likeness (QED) is 0.147. The van der Waals surface area contributed by atoms with Crippen molar-refractivity contribution in [3.05, 3.63) is 23.8 Å². The molecule has 9 atom stereocenters. The van der Waals surface area contributed by atoms with E-state index in [1.807, 2.05) is 60.5 Å². The van der Waals surface area contributed by atoms with Crippen LogP contribution in [0.4, 0.5) is 0 Å². The summed E-state index contributed by atoms with van der Waals surface area (Å²) in [6.45, 7) is 13.4. The molecular formula is C41H70N6O9. The highest BCUT2D eigenvalue weighted by Crippen LogP contribution is 2.30. The molecule has 1 fully saturated rings. The second kappa shape index (κ2) is 22.2. The maximum absolute atomic E-state index is 14.3. The van der Waals surface area contributed by atoms with Crippen molar-refractivity contribution in [3.8, 4) is 11.5 Å². The molecule has 1 aliphatic heterocycles. The molecule has 1 aromatic rings. The number of likely N-dealkylation sites (N-methyl/N-ethyl adjacent to an activating group) is 2. The van der Waals surface area contributed by atoms with Crippen LogP contribution in [0.2, 0.25) is 0 Å². The molecule has 0 bridgehead atoms. The predicted octanol–water partition coefficient (Wildman–Crippen LogP) is 2.59. The molecule has 2 rings (SSSR count). The third-order valence-electron chi connectivity index (χ3n) is 11.2. The number of nitrogens with one attached hydrogen (secondary N) is 2. The van der Waals surface area contributed by atoms with Crippen LogP contribution in [0.5, 0.6) is 11.5 Å². The molecule has 1 saturated heterocycles. The highest BCUT2D eigenvalue weighted by Gasteiger charge is 2.45. The van der Waals surface area contributed by atoms with Gasteiger partial charge in [-0.1, -0.05) is 54.9 Å². The van der Waals surface area contributed by atoms with Crippen LogP contribution in [0.25, 0.3) is 0 Å². The molecular weight excluding hydrogens is 720 g/mol. The van der Waals surface area contributed by atoms with Gasteiger partial charge in [-0.15, -0.1) is 0 Å². The number of Topliss-reactive ketones (excluding diaryl/α,β-unsaturated/α-hetero) is 1. The summed E-state index contributed by atoms with van der Waals surface area (Å²) in [5.41, 5.74) is 6.78. The lowest BCUT2D eigenvalue weighted by Crippen LogP contribution is -2.59. The zero-order valence-corrected chi connectivity index (χ0v) is 36.2. The van der Waals surface area contributed by atoms with Gasteiger partial charge < -0.3 is 45.1 Å². The molecule has 15 nitrogen and oxygen atoms in total. The summed E-state index contributed by atoms with van der Waals surface area (Å²) in [6.07, 6.45) is -0.377. The highest BCUT2D eigenvalue weighted by atomic mass is 16.5. The number of likely N-dealkylation sites (tertiary alicyclic amines) is 1. The number of methoxy groups -OCH3 is 4. The van der Waals surface area contributed by atoms with Gasteiger partial charge in [-0.25, -0.2) is 0 Å². The summed E-state index contributed by atoms with van der Waals surface area (Å²) >= 11 is 0. The van der Waals surface area contributed by atoms with E-state index in [0.717, 1.165) is 0 Å². The first-order valence-electron chi connectivity index (χ1n) is 19.7. The van der Waals surface area contributed by atoms with Crippen molar-refractivity contribution in [2.75, 3.05) is 62.7 Å². The lowest BCUT2D eigenvalue weighted by molar-refractivity contribution is -0.148. The maximum Gasteiger partial charge on any atom is 0.245 e. The van der Waals surface area contributed by atoms with Gasteiger partial charge in [0, 0.05) is 39.4 Å². The fourth-order valence-electron chi connectivity index (χ4n) is 7.91. The summed E-state index contributed by atoms with van der Waals surface area (Å²) in [5.74, 6) is -1.58. The standard InChI is InChI=1S/C41H70N6O9/c1-15-25(6)37(46(10)41(52)35(23(2)3)44-40(51)36(24(4)5)45(8)9)33(55-13)20-34(49)47-22-28(42)19-29(47)38(56-14)26(7)39(50)43-21-30(48)27-16-17-31(53-11)32(18-27)54-12/h16-18,23-26,28-29,33,35-38H,15,19-22,42H2,1-14H3,(H,43,50)(H,44,51)/t25-,26+,28-,29-,33+,35-,36-,37-,38+/m0/s1. The molecule has 0 spiro atoms. The van der Waals surface area contributed by atoms with Crippen LogP contribution < -0.4 is 25.8 Å². The monoisotopic (exact) mass is 791 g/mol. The van der Waals surface area contributed by atoms with Gasteiger partial charge in [0.15, 0.2) is 17.3 Å². The molecule has 1 heterocycles. The topological polar surface area (TPSA) is 182 Å². The largest absolute Gasteiger partial charge is 0.493 e. The summed E-state index contributed by atoms with van der Waals surface area (Å²) in [7, 11) is 11.4. The lowest BCUT2D eigenvalue weighted by atomic mass is 9.89. The number of nitrogens with two attached hydrogens (primary N) is 1. The van der Waals surface area contributed by atoms with Crippen LogP contribution in [0, 0.1) is 23.7 Å². The van der Waals surface area contributed by atoms with Gasteiger partial charge in [-0.2, -0.15) is 0 Å².